The van der Waals surface area contributed by atoms with Gasteiger partial charge in [-0.3, -0.25) is 0 Å². The summed E-state index contributed by atoms with van der Waals surface area (Å²) in [5.41, 5.74) is 3.63. The van der Waals surface area contributed by atoms with Gasteiger partial charge >= 0.3 is 0 Å². The summed E-state index contributed by atoms with van der Waals surface area (Å²) >= 11 is 1.73. The summed E-state index contributed by atoms with van der Waals surface area (Å²) in [4.78, 5) is 4.73. The molecule has 0 bridgehead atoms. The predicted octanol–water partition coefficient (Wildman–Crippen LogP) is 4.39. The van der Waals surface area contributed by atoms with Crippen LogP contribution >= 0.6 is 35.3 Å². The summed E-state index contributed by atoms with van der Waals surface area (Å²) in [6.45, 7) is 7.77. The van der Waals surface area contributed by atoms with Crippen molar-refractivity contribution in [3.8, 4) is 5.75 Å². The number of aliphatic imine (C=N–C) groups is 1. The normalized spacial score (nSPS) is 11.0. The van der Waals surface area contributed by atoms with E-state index in [4.69, 9.17) is 14.5 Å². The molecule has 156 valence electrons. The average molecular weight is 517 g/mol. The minimum absolute atomic E-state index is 0. The van der Waals surface area contributed by atoms with Gasteiger partial charge in [-0.15, -0.1) is 24.0 Å². The van der Waals surface area contributed by atoms with Crippen LogP contribution in [0.3, 0.4) is 0 Å². The van der Waals surface area contributed by atoms with Gasteiger partial charge in [0.2, 0.25) is 0 Å². The van der Waals surface area contributed by atoms with E-state index in [0.717, 1.165) is 43.2 Å². The molecule has 0 fully saturated rings. The first-order valence-electron chi connectivity index (χ1n) is 9.47. The Labute approximate surface area is 190 Å². The molecule has 1 aromatic heterocycles. The SMILES string of the molecule is CCNC(=NCc1ccc(C)cc1OCCCOC)NCCc1ccsc1.I. The Morgan fingerprint density at radius 1 is 1.18 bits per heavy atom. The van der Waals surface area contributed by atoms with Gasteiger partial charge in [-0.1, -0.05) is 12.1 Å². The van der Waals surface area contributed by atoms with Gasteiger partial charge < -0.3 is 20.1 Å². The van der Waals surface area contributed by atoms with Crippen molar-refractivity contribution in [3.63, 3.8) is 0 Å². The first-order chi connectivity index (χ1) is 13.2. The van der Waals surface area contributed by atoms with Crippen LogP contribution < -0.4 is 15.4 Å². The molecular formula is C21H32IN3O2S. The third-order valence-electron chi connectivity index (χ3n) is 4.01. The quantitative estimate of drug-likeness (QED) is 0.201. The molecule has 0 atom stereocenters. The fourth-order valence-electron chi connectivity index (χ4n) is 2.58. The van der Waals surface area contributed by atoms with E-state index < -0.39 is 0 Å². The van der Waals surface area contributed by atoms with Crippen molar-refractivity contribution in [3.05, 3.63) is 51.7 Å². The van der Waals surface area contributed by atoms with Crippen LogP contribution in [0.5, 0.6) is 5.75 Å². The second-order valence-electron chi connectivity index (χ2n) is 6.31. The Balaban J connectivity index is 0.00000392. The molecule has 0 saturated carbocycles. The number of guanidine groups is 1. The molecule has 0 aliphatic rings. The number of nitrogens with one attached hydrogen (secondary N) is 2. The van der Waals surface area contributed by atoms with Crippen molar-refractivity contribution in [2.24, 2.45) is 4.99 Å². The zero-order valence-electron chi connectivity index (χ0n) is 17.0. The Hall–Kier alpha value is -1.32. The maximum absolute atomic E-state index is 5.95. The second kappa shape index (κ2) is 14.6. The van der Waals surface area contributed by atoms with E-state index in [1.165, 1.54) is 11.1 Å². The maximum atomic E-state index is 5.95. The van der Waals surface area contributed by atoms with Crippen molar-refractivity contribution in [2.45, 2.75) is 33.2 Å². The van der Waals surface area contributed by atoms with Gasteiger partial charge in [0.15, 0.2) is 5.96 Å². The predicted molar refractivity (Wildman–Crippen MR) is 129 cm³/mol. The van der Waals surface area contributed by atoms with Gasteiger partial charge in [0.05, 0.1) is 13.2 Å². The second-order valence-corrected chi connectivity index (χ2v) is 7.09. The summed E-state index contributed by atoms with van der Waals surface area (Å²) in [5.74, 6) is 1.74. The number of aryl methyl sites for hydroxylation is 1. The van der Waals surface area contributed by atoms with Gasteiger partial charge in [0, 0.05) is 38.8 Å². The molecule has 0 unspecified atom stereocenters. The molecule has 0 radical (unpaired) electrons. The summed E-state index contributed by atoms with van der Waals surface area (Å²) in [6.07, 6.45) is 1.87. The van der Waals surface area contributed by atoms with Gasteiger partial charge in [0.1, 0.15) is 5.75 Å². The zero-order valence-corrected chi connectivity index (χ0v) is 20.1. The largest absolute Gasteiger partial charge is 0.493 e. The topological polar surface area (TPSA) is 54.9 Å². The number of halogens is 1. The molecule has 2 aromatic rings. The lowest BCUT2D eigenvalue weighted by molar-refractivity contribution is 0.172. The number of hydrogen-bond acceptors (Lipinski definition) is 4. The smallest absolute Gasteiger partial charge is 0.191 e. The number of ether oxygens (including phenoxy) is 2. The summed E-state index contributed by atoms with van der Waals surface area (Å²) in [6, 6.07) is 8.44. The molecule has 0 amide bonds. The summed E-state index contributed by atoms with van der Waals surface area (Å²) in [5, 5.41) is 11.0. The first-order valence-corrected chi connectivity index (χ1v) is 10.4. The van der Waals surface area contributed by atoms with Gasteiger partial charge in [-0.2, -0.15) is 11.3 Å². The standard InChI is InChI=1S/C21H31N3O2S.HI/c1-4-22-21(23-10-8-18-9-13-27-16-18)24-15-19-7-6-17(2)14-20(19)26-12-5-11-25-3;/h6-7,9,13-14,16H,4-5,8,10-12,15H2,1-3H3,(H2,22,23,24);1H. The molecule has 0 aliphatic heterocycles. The lowest BCUT2D eigenvalue weighted by Gasteiger charge is -2.13. The highest BCUT2D eigenvalue weighted by atomic mass is 127. The van der Waals surface area contributed by atoms with E-state index in [2.05, 4.69) is 59.5 Å². The van der Waals surface area contributed by atoms with Crippen LogP contribution in [0.15, 0.2) is 40.0 Å². The Bertz CT molecular complexity index is 693. The van der Waals surface area contributed by atoms with Crippen LogP contribution in [0.4, 0.5) is 0 Å². The van der Waals surface area contributed by atoms with Gasteiger partial charge in [0.25, 0.3) is 0 Å². The summed E-state index contributed by atoms with van der Waals surface area (Å²) in [7, 11) is 1.71. The van der Waals surface area contributed by atoms with Crippen LogP contribution in [0.2, 0.25) is 0 Å². The number of thiophene rings is 1. The minimum atomic E-state index is 0. The van der Waals surface area contributed by atoms with Crippen molar-refractivity contribution in [2.75, 3.05) is 33.4 Å². The highest BCUT2D eigenvalue weighted by Gasteiger charge is 2.05. The minimum Gasteiger partial charge on any atom is -0.493 e. The van der Waals surface area contributed by atoms with Crippen molar-refractivity contribution in [1.29, 1.82) is 0 Å². The molecule has 2 N–H and O–H groups in total. The third-order valence-corrected chi connectivity index (χ3v) is 4.74. The number of nitrogens with zero attached hydrogens (tertiary/aromatic N) is 1. The van der Waals surface area contributed by atoms with Crippen molar-refractivity contribution in [1.82, 2.24) is 10.6 Å². The van der Waals surface area contributed by atoms with E-state index in [1.807, 2.05) is 0 Å². The van der Waals surface area contributed by atoms with Crippen LogP contribution in [-0.4, -0.2) is 39.4 Å². The van der Waals surface area contributed by atoms with Gasteiger partial charge in [-0.05, 0) is 54.3 Å². The highest BCUT2D eigenvalue weighted by Crippen LogP contribution is 2.21. The van der Waals surface area contributed by atoms with Crippen molar-refractivity contribution >= 4 is 41.3 Å². The van der Waals surface area contributed by atoms with Crippen LogP contribution in [0.1, 0.15) is 30.0 Å². The molecule has 7 heteroatoms. The molecule has 2 rings (SSSR count). The van der Waals surface area contributed by atoms with E-state index in [9.17, 15) is 0 Å². The third kappa shape index (κ3) is 9.25. The lowest BCUT2D eigenvalue weighted by Crippen LogP contribution is -2.38. The number of methoxy groups -OCH3 is 1. The van der Waals surface area contributed by atoms with E-state index in [1.54, 1.807) is 18.4 Å². The highest BCUT2D eigenvalue weighted by molar-refractivity contribution is 14.0. The Kier molecular flexibility index (Phi) is 12.9. The van der Waals surface area contributed by atoms with E-state index in [0.29, 0.717) is 19.8 Å². The summed E-state index contributed by atoms with van der Waals surface area (Å²) < 4.78 is 11.0. The molecule has 0 aliphatic carbocycles. The number of rotatable bonds is 11. The van der Waals surface area contributed by atoms with E-state index >= 15 is 0 Å². The molecular weight excluding hydrogens is 485 g/mol. The molecule has 0 spiro atoms. The number of hydrogen-bond donors (Lipinski definition) is 2. The van der Waals surface area contributed by atoms with E-state index in [-0.39, 0.29) is 24.0 Å². The monoisotopic (exact) mass is 517 g/mol. The molecule has 5 nitrogen and oxygen atoms in total. The van der Waals surface area contributed by atoms with Gasteiger partial charge in [-0.25, -0.2) is 4.99 Å². The Morgan fingerprint density at radius 2 is 2.04 bits per heavy atom. The van der Waals surface area contributed by atoms with Crippen molar-refractivity contribution < 1.29 is 9.47 Å². The van der Waals surface area contributed by atoms with Crippen LogP contribution in [0.25, 0.3) is 0 Å². The lowest BCUT2D eigenvalue weighted by atomic mass is 10.1. The molecule has 0 saturated heterocycles. The fraction of sp³-hybridized carbons (Fsp3) is 0.476. The molecule has 1 heterocycles. The number of benzene rings is 1. The first kappa shape index (κ1) is 24.7. The fourth-order valence-corrected chi connectivity index (χ4v) is 3.28. The maximum Gasteiger partial charge on any atom is 0.191 e. The van der Waals surface area contributed by atoms with Crippen LogP contribution in [-0.2, 0) is 17.7 Å². The zero-order chi connectivity index (χ0) is 19.3. The molecule has 1 aromatic carbocycles. The molecule has 28 heavy (non-hydrogen) atoms. The Morgan fingerprint density at radius 3 is 2.75 bits per heavy atom. The average Bonchev–Trinajstić information content (AvgIpc) is 3.18. The van der Waals surface area contributed by atoms with Crippen LogP contribution in [0, 0.1) is 6.92 Å².